The Morgan fingerprint density at radius 2 is 1.93 bits per heavy atom. The van der Waals surface area contributed by atoms with Crippen molar-refractivity contribution in [1.29, 1.82) is 0 Å². The third kappa shape index (κ3) is 3.72. The molecule has 1 unspecified atom stereocenters. The highest BCUT2D eigenvalue weighted by atomic mass is 35.5. The molecule has 146 valence electrons. The lowest BCUT2D eigenvalue weighted by Crippen LogP contribution is -2.42. The molecule has 1 aliphatic heterocycles. The average molecular weight is 399 g/mol. The fourth-order valence-electron chi connectivity index (χ4n) is 3.79. The molecule has 2 aliphatic rings. The van der Waals surface area contributed by atoms with Gasteiger partial charge in [-0.25, -0.2) is 0 Å². The van der Waals surface area contributed by atoms with Gasteiger partial charge in [-0.15, -0.1) is 0 Å². The minimum absolute atomic E-state index is 0.00751. The van der Waals surface area contributed by atoms with E-state index in [1.165, 1.54) is 0 Å². The summed E-state index contributed by atoms with van der Waals surface area (Å²) in [5.74, 6) is 0.605. The lowest BCUT2D eigenvalue weighted by molar-refractivity contribution is -0.133. The zero-order chi connectivity index (χ0) is 19.7. The van der Waals surface area contributed by atoms with Gasteiger partial charge in [0.05, 0.1) is 11.7 Å². The van der Waals surface area contributed by atoms with Gasteiger partial charge in [-0.1, -0.05) is 41.9 Å². The summed E-state index contributed by atoms with van der Waals surface area (Å²) in [6.07, 6.45) is 2.30. The molecule has 1 aliphatic carbocycles. The molecule has 28 heavy (non-hydrogen) atoms. The van der Waals surface area contributed by atoms with Crippen molar-refractivity contribution in [3.05, 3.63) is 59.1 Å². The predicted octanol–water partition coefficient (Wildman–Crippen LogP) is 4.21. The van der Waals surface area contributed by atoms with Gasteiger partial charge in [0.2, 0.25) is 5.91 Å². The molecule has 1 atom stereocenters. The third-order valence-corrected chi connectivity index (χ3v) is 5.70. The zero-order valence-corrected chi connectivity index (χ0v) is 16.6. The van der Waals surface area contributed by atoms with E-state index >= 15 is 0 Å². The maximum Gasteiger partial charge on any atom is 0.265 e. The summed E-state index contributed by atoms with van der Waals surface area (Å²) in [7, 11) is 0. The van der Waals surface area contributed by atoms with E-state index < -0.39 is 0 Å². The fraction of sp³-hybridized carbons (Fsp3) is 0.364. The lowest BCUT2D eigenvalue weighted by atomic mass is 10.1. The Hall–Kier alpha value is -2.53. The van der Waals surface area contributed by atoms with Gasteiger partial charge in [0, 0.05) is 24.0 Å². The number of nitrogens with zero attached hydrogens (tertiary/aromatic N) is 2. The van der Waals surface area contributed by atoms with Crippen molar-refractivity contribution in [3.8, 4) is 5.75 Å². The van der Waals surface area contributed by atoms with Crippen LogP contribution in [0.4, 0.5) is 5.69 Å². The number of hydrogen-bond acceptors (Lipinski definition) is 3. The molecule has 0 spiro atoms. The van der Waals surface area contributed by atoms with Gasteiger partial charge in [0.1, 0.15) is 5.75 Å². The van der Waals surface area contributed by atoms with Crippen LogP contribution in [0.1, 0.15) is 37.8 Å². The Bertz CT molecular complexity index is 897. The van der Waals surface area contributed by atoms with E-state index in [2.05, 4.69) is 0 Å². The van der Waals surface area contributed by atoms with Gasteiger partial charge >= 0.3 is 0 Å². The van der Waals surface area contributed by atoms with Crippen LogP contribution >= 0.6 is 11.6 Å². The second kappa shape index (κ2) is 7.84. The molecule has 6 heteroatoms. The molecule has 1 fully saturated rings. The van der Waals surface area contributed by atoms with Crippen LogP contribution < -0.4 is 9.64 Å². The summed E-state index contributed by atoms with van der Waals surface area (Å²) in [5, 5.41) is 0.672. The number of benzene rings is 2. The molecule has 4 rings (SSSR count). The van der Waals surface area contributed by atoms with Crippen molar-refractivity contribution < 1.29 is 14.3 Å². The van der Waals surface area contributed by atoms with E-state index in [1.54, 1.807) is 4.90 Å². The van der Waals surface area contributed by atoms with Crippen LogP contribution in [0.5, 0.6) is 5.75 Å². The van der Waals surface area contributed by atoms with Gasteiger partial charge in [0.25, 0.3) is 5.91 Å². The van der Waals surface area contributed by atoms with Crippen molar-refractivity contribution in [2.45, 2.75) is 38.3 Å². The molecule has 5 nitrogen and oxygen atoms in total. The van der Waals surface area contributed by atoms with Crippen LogP contribution in [-0.2, 0) is 9.59 Å². The van der Waals surface area contributed by atoms with E-state index in [-0.39, 0.29) is 36.9 Å². The molecule has 1 heterocycles. The summed E-state index contributed by atoms with van der Waals surface area (Å²) in [4.78, 5) is 29.1. The minimum Gasteiger partial charge on any atom is -0.482 e. The van der Waals surface area contributed by atoms with E-state index in [1.807, 2.05) is 60.4 Å². The first-order chi connectivity index (χ1) is 13.6. The number of halogens is 1. The summed E-state index contributed by atoms with van der Waals surface area (Å²) < 4.78 is 5.48. The standard InChI is InChI=1S/C22H23ClN2O3/c1-15(17-6-2-3-7-18(17)23)25(16-10-11-16)21(26)12-13-24-19-8-4-5-9-20(19)28-14-22(24)27/h2-9,15-16H,10-14H2,1H3. The van der Waals surface area contributed by atoms with Crippen LogP contribution in [0.3, 0.4) is 0 Å². The first kappa shape index (κ1) is 18.8. The lowest BCUT2D eigenvalue weighted by Gasteiger charge is -2.33. The van der Waals surface area contributed by atoms with Crippen molar-refractivity contribution in [2.75, 3.05) is 18.1 Å². The number of rotatable bonds is 6. The molecule has 0 aromatic heterocycles. The molecule has 2 aromatic carbocycles. The van der Waals surface area contributed by atoms with Crippen LogP contribution in [0.2, 0.25) is 5.02 Å². The molecule has 2 aromatic rings. The minimum atomic E-state index is -0.122. The van der Waals surface area contributed by atoms with Crippen molar-refractivity contribution in [1.82, 2.24) is 4.90 Å². The van der Waals surface area contributed by atoms with Crippen molar-refractivity contribution >= 4 is 29.1 Å². The molecular formula is C22H23ClN2O3. The largest absolute Gasteiger partial charge is 0.482 e. The number of para-hydroxylation sites is 2. The summed E-state index contributed by atoms with van der Waals surface area (Å²) in [6, 6.07) is 15.2. The van der Waals surface area contributed by atoms with E-state index in [0.29, 0.717) is 17.3 Å². The first-order valence-electron chi connectivity index (χ1n) is 9.64. The maximum absolute atomic E-state index is 13.1. The maximum atomic E-state index is 13.1. The summed E-state index contributed by atoms with van der Waals surface area (Å²) in [5.41, 5.74) is 1.68. The van der Waals surface area contributed by atoms with Gasteiger partial charge in [0.15, 0.2) is 6.61 Å². The van der Waals surface area contributed by atoms with E-state index in [4.69, 9.17) is 16.3 Å². The molecule has 1 saturated carbocycles. The second-order valence-corrected chi connectivity index (χ2v) is 7.69. The van der Waals surface area contributed by atoms with Gasteiger partial charge in [-0.3, -0.25) is 9.59 Å². The topological polar surface area (TPSA) is 49.9 Å². The number of fused-ring (bicyclic) bond motifs is 1. The molecule has 2 amide bonds. The van der Waals surface area contributed by atoms with Crippen molar-refractivity contribution in [2.24, 2.45) is 0 Å². The summed E-state index contributed by atoms with van der Waals surface area (Å²) >= 11 is 6.36. The number of amides is 2. The molecule has 0 N–H and O–H groups in total. The molecular weight excluding hydrogens is 376 g/mol. The number of hydrogen-bond donors (Lipinski definition) is 0. The van der Waals surface area contributed by atoms with E-state index in [9.17, 15) is 9.59 Å². The molecule has 0 saturated heterocycles. The highest BCUT2D eigenvalue weighted by molar-refractivity contribution is 6.31. The average Bonchev–Trinajstić information content (AvgIpc) is 3.52. The molecule has 0 bridgehead atoms. The quantitative estimate of drug-likeness (QED) is 0.732. The Morgan fingerprint density at radius 3 is 2.68 bits per heavy atom. The monoisotopic (exact) mass is 398 g/mol. The Kier molecular flexibility index (Phi) is 5.27. The van der Waals surface area contributed by atoms with Crippen LogP contribution in [-0.4, -0.2) is 35.9 Å². The Labute approximate surface area is 169 Å². The van der Waals surface area contributed by atoms with Crippen molar-refractivity contribution in [3.63, 3.8) is 0 Å². The fourth-order valence-corrected chi connectivity index (χ4v) is 4.08. The highest BCUT2D eigenvalue weighted by Gasteiger charge is 2.37. The highest BCUT2D eigenvalue weighted by Crippen LogP contribution is 2.37. The third-order valence-electron chi connectivity index (χ3n) is 5.36. The van der Waals surface area contributed by atoms with Crippen LogP contribution in [0.25, 0.3) is 0 Å². The van der Waals surface area contributed by atoms with E-state index in [0.717, 1.165) is 24.1 Å². The number of ether oxygens (including phenoxy) is 1. The van der Waals surface area contributed by atoms with Gasteiger partial charge in [-0.2, -0.15) is 0 Å². The smallest absolute Gasteiger partial charge is 0.265 e. The second-order valence-electron chi connectivity index (χ2n) is 7.28. The Balaban J connectivity index is 1.49. The zero-order valence-electron chi connectivity index (χ0n) is 15.8. The normalized spacial score (nSPS) is 16.9. The Morgan fingerprint density at radius 1 is 1.21 bits per heavy atom. The molecule has 0 radical (unpaired) electrons. The SMILES string of the molecule is CC(c1ccccc1Cl)N(C(=O)CCN1C(=O)COc2ccccc21)C1CC1. The number of carbonyl (C=O) groups is 2. The predicted molar refractivity (Wildman–Crippen MR) is 109 cm³/mol. The number of carbonyl (C=O) groups excluding carboxylic acids is 2. The van der Waals surface area contributed by atoms with Crippen LogP contribution in [0, 0.1) is 0 Å². The number of anilines is 1. The van der Waals surface area contributed by atoms with Gasteiger partial charge < -0.3 is 14.5 Å². The van der Waals surface area contributed by atoms with Crippen LogP contribution in [0.15, 0.2) is 48.5 Å². The first-order valence-corrected chi connectivity index (χ1v) is 10.0. The van der Waals surface area contributed by atoms with Gasteiger partial charge in [-0.05, 0) is 43.5 Å². The summed E-state index contributed by atoms with van der Waals surface area (Å²) in [6.45, 7) is 2.37.